The smallest absolute Gasteiger partial charge is 0.255 e. The van der Waals surface area contributed by atoms with Gasteiger partial charge in [-0.15, -0.1) is 0 Å². The van der Waals surface area contributed by atoms with Crippen LogP contribution >= 0.6 is 0 Å². The van der Waals surface area contributed by atoms with Gasteiger partial charge in [-0.2, -0.15) is 0 Å². The lowest BCUT2D eigenvalue weighted by Crippen LogP contribution is -2.48. The van der Waals surface area contributed by atoms with Crippen LogP contribution in [0.1, 0.15) is 20.7 Å². The van der Waals surface area contributed by atoms with E-state index in [1.165, 1.54) is 24.3 Å². The summed E-state index contributed by atoms with van der Waals surface area (Å²) in [5.41, 5.74) is 2.80. The van der Waals surface area contributed by atoms with Crippen LogP contribution in [-0.4, -0.2) is 47.9 Å². The molecule has 1 saturated heterocycles. The number of aromatic nitrogens is 1. The van der Waals surface area contributed by atoms with Gasteiger partial charge in [0, 0.05) is 61.1 Å². The number of pyridine rings is 1. The minimum atomic E-state index is -0.350. The number of amides is 2. The van der Waals surface area contributed by atoms with Gasteiger partial charge in [0.2, 0.25) is 0 Å². The van der Waals surface area contributed by atoms with Crippen LogP contribution in [0.2, 0.25) is 0 Å². The van der Waals surface area contributed by atoms with Crippen molar-refractivity contribution in [2.24, 2.45) is 0 Å². The van der Waals surface area contributed by atoms with E-state index in [0.29, 0.717) is 43.0 Å². The standard InChI is InChI=1S/C23H21FN4O2/c24-19-3-1-18(2-4-19)23(30)28-15-13-27(14-16-28)21-7-5-20(6-8-21)26-22(29)17-9-11-25-12-10-17/h1-12H,13-16H2,(H,26,29). The van der Waals surface area contributed by atoms with E-state index in [1.807, 2.05) is 24.3 Å². The fourth-order valence-corrected chi connectivity index (χ4v) is 3.40. The second-order valence-corrected chi connectivity index (χ2v) is 7.02. The van der Waals surface area contributed by atoms with Crippen molar-refractivity contribution in [3.8, 4) is 0 Å². The molecule has 6 nitrogen and oxygen atoms in total. The van der Waals surface area contributed by atoms with E-state index >= 15 is 0 Å². The highest BCUT2D eigenvalue weighted by Gasteiger charge is 2.22. The van der Waals surface area contributed by atoms with Gasteiger partial charge in [0.1, 0.15) is 5.82 Å². The normalized spacial score (nSPS) is 13.8. The average molecular weight is 404 g/mol. The Balaban J connectivity index is 1.33. The largest absolute Gasteiger partial charge is 0.368 e. The highest BCUT2D eigenvalue weighted by Crippen LogP contribution is 2.21. The molecule has 2 heterocycles. The molecule has 152 valence electrons. The Morgan fingerprint density at radius 3 is 2.07 bits per heavy atom. The molecule has 0 atom stereocenters. The van der Waals surface area contributed by atoms with Gasteiger partial charge in [0.05, 0.1) is 0 Å². The first kappa shape index (κ1) is 19.6. The zero-order chi connectivity index (χ0) is 20.9. The van der Waals surface area contributed by atoms with E-state index in [-0.39, 0.29) is 17.6 Å². The second-order valence-electron chi connectivity index (χ2n) is 7.02. The van der Waals surface area contributed by atoms with Gasteiger partial charge in [-0.1, -0.05) is 0 Å². The number of halogens is 1. The highest BCUT2D eigenvalue weighted by molar-refractivity contribution is 6.04. The summed E-state index contributed by atoms with van der Waals surface area (Å²) in [6, 6.07) is 16.6. The summed E-state index contributed by atoms with van der Waals surface area (Å²) in [5, 5.41) is 2.87. The predicted molar refractivity (Wildman–Crippen MR) is 113 cm³/mol. The summed E-state index contributed by atoms with van der Waals surface area (Å²) in [4.78, 5) is 32.7. The van der Waals surface area contributed by atoms with Crippen molar-refractivity contribution in [2.75, 3.05) is 36.4 Å². The zero-order valence-electron chi connectivity index (χ0n) is 16.3. The molecule has 2 aromatic carbocycles. The van der Waals surface area contributed by atoms with Crippen LogP contribution in [0.5, 0.6) is 0 Å². The van der Waals surface area contributed by atoms with Crippen LogP contribution in [0.4, 0.5) is 15.8 Å². The lowest BCUT2D eigenvalue weighted by molar-refractivity contribution is 0.0746. The molecule has 1 aromatic heterocycles. The van der Waals surface area contributed by atoms with Crippen LogP contribution < -0.4 is 10.2 Å². The van der Waals surface area contributed by atoms with Crippen molar-refractivity contribution < 1.29 is 14.0 Å². The van der Waals surface area contributed by atoms with Gasteiger partial charge in [-0.25, -0.2) is 4.39 Å². The number of nitrogens with one attached hydrogen (secondary N) is 1. The number of rotatable bonds is 4. The Morgan fingerprint density at radius 2 is 1.43 bits per heavy atom. The van der Waals surface area contributed by atoms with Gasteiger partial charge in [-0.05, 0) is 60.7 Å². The predicted octanol–water partition coefficient (Wildman–Crippen LogP) is 3.44. The molecular formula is C23H21FN4O2. The number of benzene rings is 2. The Hall–Kier alpha value is -3.74. The SMILES string of the molecule is O=C(Nc1ccc(N2CCN(C(=O)c3ccc(F)cc3)CC2)cc1)c1ccncc1. The minimum Gasteiger partial charge on any atom is -0.368 e. The van der Waals surface area contributed by atoms with Crippen LogP contribution in [0.15, 0.2) is 73.1 Å². The number of carbonyl (C=O) groups excluding carboxylic acids is 2. The third-order valence-corrected chi connectivity index (χ3v) is 5.09. The van der Waals surface area contributed by atoms with Crippen LogP contribution in [0, 0.1) is 5.82 Å². The van der Waals surface area contributed by atoms with Crippen molar-refractivity contribution in [1.29, 1.82) is 0 Å². The molecule has 1 aliphatic rings. The van der Waals surface area contributed by atoms with E-state index in [1.54, 1.807) is 29.4 Å². The van der Waals surface area contributed by atoms with Crippen molar-refractivity contribution in [3.63, 3.8) is 0 Å². The molecule has 0 unspecified atom stereocenters. The van der Waals surface area contributed by atoms with E-state index in [2.05, 4.69) is 15.2 Å². The number of anilines is 2. The maximum absolute atomic E-state index is 13.1. The van der Waals surface area contributed by atoms with Crippen LogP contribution in [-0.2, 0) is 0 Å². The lowest BCUT2D eigenvalue weighted by atomic mass is 10.1. The fourth-order valence-electron chi connectivity index (χ4n) is 3.40. The summed E-state index contributed by atoms with van der Waals surface area (Å²) >= 11 is 0. The summed E-state index contributed by atoms with van der Waals surface area (Å²) in [5.74, 6) is -0.612. The Labute approximate surface area is 174 Å². The third-order valence-electron chi connectivity index (χ3n) is 5.09. The summed E-state index contributed by atoms with van der Waals surface area (Å²) in [7, 11) is 0. The number of carbonyl (C=O) groups is 2. The van der Waals surface area contributed by atoms with Crippen molar-refractivity contribution in [3.05, 3.63) is 90.0 Å². The summed E-state index contributed by atoms with van der Waals surface area (Å²) < 4.78 is 13.1. The molecule has 0 bridgehead atoms. The summed E-state index contributed by atoms with van der Waals surface area (Å²) in [6.45, 7) is 2.60. The maximum Gasteiger partial charge on any atom is 0.255 e. The number of piperazine rings is 1. The third kappa shape index (κ3) is 4.46. The first-order valence-corrected chi connectivity index (χ1v) is 9.71. The van der Waals surface area contributed by atoms with Gasteiger partial charge in [0.25, 0.3) is 11.8 Å². The Bertz CT molecular complexity index is 1020. The molecule has 0 spiro atoms. The van der Waals surface area contributed by atoms with Gasteiger partial charge < -0.3 is 15.1 Å². The topological polar surface area (TPSA) is 65.5 Å². The molecule has 4 rings (SSSR count). The first-order valence-electron chi connectivity index (χ1n) is 9.71. The maximum atomic E-state index is 13.1. The van der Waals surface area contributed by atoms with Gasteiger partial charge in [0.15, 0.2) is 0 Å². The Morgan fingerprint density at radius 1 is 0.800 bits per heavy atom. The summed E-state index contributed by atoms with van der Waals surface area (Å²) in [6.07, 6.45) is 3.16. The average Bonchev–Trinajstić information content (AvgIpc) is 2.80. The molecule has 1 N–H and O–H groups in total. The minimum absolute atomic E-state index is 0.0798. The molecule has 2 amide bonds. The van der Waals surface area contributed by atoms with Crippen LogP contribution in [0.25, 0.3) is 0 Å². The molecule has 30 heavy (non-hydrogen) atoms. The molecule has 1 aliphatic heterocycles. The Kier molecular flexibility index (Phi) is 5.70. The monoisotopic (exact) mass is 404 g/mol. The molecular weight excluding hydrogens is 383 g/mol. The van der Waals surface area contributed by atoms with Crippen molar-refractivity contribution in [2.45, 2.75) is 0 Å². The van der Waals surface area contributed by atoms with E-state index in [9.17, 15) is 14.0 Å². The zero-order valence-corrected chi connectivity index (χ0v) is 16.3. The lowest BCUT2D eigenvalue weighted by Gasteiger charge is -2.36. The van der Waals surface area contributed by atoms with E-state index in [0.717, 1.165) is 5.69 Å². The van der Waals surface area contributed by atoms with Crippen molar-refractivity contribution in [1.82, 2.24) is 9.88 Å². The van der Waals surface area contributed by atoms with E-state index in [4.69, 9.17) is 0 Å². The molecule has 0 radical (unpaired) electrons. The number of nitrogens with zero attached hydrogens (tertiary/aromatic N) is 3. The molecule has 1 fully saturated rings. The first-order chi connectivity index (χ1) is 14.6. The molecule has 0 aliphatic carbocycles. The highest BCUT2D eigenvalue weighted by atomic mass is 19.1. The van der Waals surface area contributed by atoms with Gasteiger partial charge in [-0.3, -0.25) is 14.6 Å². The fraction of sp³-hybridized carbons (Fsp3) is 0.174. The van der Waals surface area contributed by atoms with Gasteiger partial charge >= 0.3 is 0 Å². The number of hydrogen-bond donors (Lipinski definition) is 1. The second kappa shape index (κ2) is 8.73. The number of hydrogen-bond acceptors (Lipinski definition) is 4. The molecule has 0 saturated carbocycles. The van der Waals surface area contributed by atoms with E-state index < -0.39 is 0 Å². The molecule has 7 heteroatoms. The quantitative estimate of drug-likeness (QED) is 0.724. The van der Waals surface area contributed by atoms with Crippen LogP contribution in [0.3, 0.4) is 0 Å². The molecule has 3 aromatic rings. The van der Waals surface area contributed by atoms with Crippen molar-refractivity contribution >= 4 is 23.2 Å².